The Morgan fingerprint density at radius 3 is 2.61 bits per heavy atom. The second-order valence-corrected chi connectivity index (χ2v) is 5.51. The molecule has 0 saturated heterocycles. The van der Waals surface area contributed by atoms with Gasteiger partial charge < -0.3 is 10.7 Å². The highest BCUT2D eigenvalue weighted by atomic mass is 32.2. The van der Waals surface area contributed by atoms with Crippen LogP contribution in [0, 0.1) is 0 Å². The molecular weight excluding hydrogens is 256 g/mol. The third-order valence-corrected chi connectivity index (χ3v) is 3.66. The predicted molar refractivity (Wildman–Crippen MR) is 69.4 cm³/mol. The van der Waals surface area contributed by atoms with Crippen LogP contribution in [0.5, 0.6) is 0 Å². The van der Waals surface area contributed by atoms with Crippen molar-refractivity contribution in [2.75, 3.05) is 24.8 Å². The number of carbonyl (C=O) groups is 1. The van der Waals surface area contributed by atoms with Gasteiger partial charge in [0.05, 0.1) is 17.0 Å². The predicted octanol–water partition coefficient (Wildman–Crippen LogP) is -0.749. The molecular formula is C10H16N4O3S. The van der Waals surface area contributed by atoms with Gasteiger partial charge in [0, 0.05) is 6.54 Å². The van der Waals surface area contributed by atoms with Gasteiger partial charge in [-0.2, -0.15) is 0 Å². The summed E-state index contributed by atoms with van der Waals surface area (Å²) >= 11 is 0. The number of para-hydroxylation sites is 1. The first-order valence-electron chi connectivity index (χ1n) is 5.25. The largest absolute Gasteiger partial charge is 0.351 e. The van der Waals surface area contributed by atoms with E-state index in [0.29, 0.717) is 11.3 Å². The number of sulfonamides is 1. The van der Waals surface area contributed by atoms with E-state index in [0.717, 1.165) is 0 Å². The van der Waals surface area contributed by atoms with Gasteiger partial charge in [-0.05, 0) is 19.2 Å². The zero-order valence-electron chi connectivity index (χ0n) is 9.93. The highest BCUT2D eigenvalue weighted by Crippen LogP contribution is 2.12. The Morgan fingerprint density at radius 2 is 2.00 bits per heavy atom. The molecule has 1 aromatic rings. The Kier molecular flexibility index (Phi) is 5.08. The summed E-state index contributed by atoms with van der Waals surface area (Å²) in [6, 6.07) is 6.67. The Labute approximate surface area is 106 Å². The van der Waals surface area contributed by atoms with Gasteiger partial charge in [0.15, 0.2) is 0 Å². The van der Waals surface area contributed by atoms with Crippen LogP contribution in [0.15, 0.2) is 24.3 Å². The van der Waals surface area contributed by atoms with Crippen molar-refractivity contribution in [2.45, 2.75) is 0 Å². The molecule has 0 radical (unpaired) electrons. The quantitative estimate of drug-likeness (QED) is 0.402. The average Bonchev–Trinajstić information content (AvgIpc) is 2.38. The van der Waals surface area contributed by atoms with Crippen molar-refractivity contribution >= 4 is 21.6 Å². The molecule has 0 saturated carbocycles. The minimum Gasteiger partial charge on any atom is -0.351 e. The van der Waals surface area contributed by atoms with Crippen LogP contribution in [0.3, 0.4) is 0 Å². The number of rotatable bonds is 6. The number of nitrogens with two attached hydrogens (primary N) is 1. The van der Waals surface area contributed by atoms with Crippen molar-refractivity contribution in [3.63, 3.8) is 0 Å². The lowest BCUT2D eigenvalue weighted by atomic mass is 10.1. The second-order valence-electron chi connectivity index (χ2n) is 3.47. The minimum atomic E-state index is -3.32. The molecule has 8 heteroatoms. The van der Waals surface area contributed by atoms with Gasteiger partial charge in [0.1, 0.15) is 0 Å². The smallest absolute Gasteiger partial charge is 0.253 e. The summed E-state index contributed by atoms with van der Waals surface area (Å²) in [6.45, 7) is 0.0287. The van der Waals surface area contributed by atoms with Crippen LogP contribution >= 0.6 is 0 Å². The fraction of sp³-hybridized carbons (Fsp3) is 0.300. The van der Waals surface area contributed by atoms with Gasteiger partial charge in [-0.3, -0.25) is 10.6 Å². The molecule has 0 atom stereocenters. The van der Waals surface area contributed by atoms with E-state index in [2.05, 4.69) is 15.5 Å². The van der Waals surface area contributed by atoms with Crippen molar-refractivity contribution in [3.8, 4) is 0 Å². The van der Waals surface area contributed by atoms with Crippen molar-refractivity contribution in [1.82, 2.24) is 10.0 Å². The van der Waals surface area contributed by atoms with Gasteiger partial charge in [0.2, 0.25) is 10.0 Å². The van der Waals surface area contributed by atoms with E-state index in [4.69, 9.17) is 5.84 Å². The SMILES string of the molecule is CNS(=O)(=O)CCNC(=O)c1ccccc1NN. The first-order valence-corrected chi connectivity index (χ1v) is 6.90. The molecule has 1 amide bonds. The minimum absolute atomic E-state index is 0.0287. The lowest BCUT2D eigenvalue weighted by Gasteiger charge is -2.09. The zero-order chi connectivity index (χ0) is 13.6. The number of hydrazine groups is 1. The fourth-order valence-electron chi connectivity index (χ4n) is 1.30. The molecule has 0 bridgehead atoms. The molecule has 0 aliphatic carbocycles. The van der Waals surface area contributed by atoms with Crippen molar-refractivity contribution in [2.24, 2.45) is 5.84 Å². The molecule has 0 aromatic heterocycles. The van der Waals surface area contributed by atoms with Gasteiger partial charge in [-0.1, -0.05) is 12.1 Å². The summed E-state index contributed by atoms with van der Waals surface area (Å²) in [7, 11) is -1.99. The van der Waals surface area contributed by atoms with Crippen molar-refractivity contribution in [3.05, 3.63) is 29.8 Å². The van der Waals surface area contributed by atoms with E-state index < -0.39 is 10.0 Å². The Morgan fingerprint density at radius 1 is 1.33 bits per heavy atom. The second kappa shape index (κ2) is 6.34. The number of amides is 1. The fourth-order valence-corrected chi connectivity index (χ4v) is 1.88. The lowest BCUT2D eigenvalue weighted by molar-refractivity contribution is 0.0957. The summed E-state index contributed by atoms with van der Waals surface area (Å²) in [5.41, 5.74) is 3.24. The molecule has 0 fully saturated rings. The number of hydrogen-bond donors (Lipinski definition) is 4. The van der Waals surface area contributed by atoms with Crippen molar-refractivity contribution < 1.29 is 13.2 Å². The van der Waals surface area contributed by atoms with Crippen LogP contribution in [0.2, 0.25) is 0 Å². The third-order valence-electron chi connectivity index (χ3n) is 2.29. The highest BCUT2D eigenvalue weighted by Gasteiger charge is 2.11. The van der Waals surface area contributed by atoms with E-state index in [1.807, 2.05) is 0 Å². The monoisotopic (exact) mass is 272 g/mol. The normalized spacial score (nSPS) is 11.0. The van der Waals surface area contributed by atoms with Crippen LogP contribution in [-0.2, 0) is 10.0 Å². The molecule has 7 nitrogen and oxygen atoms in total. The van der Waals surface area contributed by atoms with Gasteiger partial charge >= 0.3 is 0 Å². The molecule has 0 aliphatic heterocycles. The van der Waals surface area contributed by atoms with Gasteiger partial charge in [0.25, 0.3) is 5.91 Å². The standard InChI is InChI=1S/C10H16N4O3S/c1-12-18(16,17)7-6-13-10(15)8-4-2-3-5-9(8)14-11/h2-5,12,14H,6-7,11H2,1H3,(H,13,15). The molecule has 0 unspecified atom stereocenters. The molecule has 18 heavy (non-hydrogen) atoms. The maximum Gasteiger partial charge on any atom is 0.253 e. The number of hydrogen-bond acceptors (Lipinski definition) is 5. The Bertz CT molecular complexity index is 516. The highest BCUT2D eigenvalue weighted by molar-refractivity contribution is 7.89. The third kappa shape index (κ3) is 3.99. The number of anilines is 1. The first kappa shape index (κ1) is 14.4. The maximum atomic E-state index is 11.8. The molecule has 5 N–H and O–H groups in total. The van der Waals surface area contributed by atoms with Crippen molar-refractivity contribution in [1.29, 1.82) is 0 Å². The van der Waals surface area contributed by atoms with E-state index >= 15 is 0 Å². The van der Waals surface area contributed by atoms with E-state index in [-0.39, 0.29) is 18.2 Å². The summed E-state index contributed by atoms with van der Waals surface area (Å²) in [5, 5.41) is 2.51. The number of nitrogen functional groups attached to an aromatic ring is 1. The van der Waals surface area contributed by atoms with Gasteiger partial charge in [-0.15, -0.1) is 0 Å². The van der Waals surface area contributed by atoms with E-state index in [1.165, 1.54) is 7.05 Å². The van der Waals surface area contributed by atoms with Crippen LogP contribution in [0.25, 0.3) is 0 Å². The zero-order valence-corrected chi connectivity index (χ0v) is 10.8. The summed E-state index contributed by atoms with van der Waals surface area (Å²) in [5.74, 6) is 4.72. The molecule has 1 rings (SSSR count). The lowest BCUT2D eigenvalue weighted by Crippen LogP contribution is -2.33. The van der Waals surface area contributed by atoms with Crippen LogP contribution in [0.4, 0.5) is 5.69 Å². The Hall–Kier alpha value is -1.64. The Balaban J connectivity index is 2.61. The molecule has 0 spiro atoms. The van der Waals surface area contributed by atoms with Crippen LogP contribution in [-0.4, -0.2) is 33.7 Å². The van der Waals surface area contributed by atoms with Gasteiger partial charge in [-0.25, -0.2) is 13.1 Å². The topological polar surface area (TPSA) is 113 Å². The number of benzene rings is 1. The van der Waals surface area contributed by atoms with Crippen LogP contribution < -0.4 is 21.3 Å². The van der Waals surface area contributed by atoms with E-state index in [1.54, 1.807) is 24.3 Å². The molecule has 1 aromatic carbocycles. The summed E-state index contributed by atoms with van der Waals surface area (Å²) in [6.07, 6.45) is 0. The number of nitrogens with one attached hydrogen (secondary N) is 3. The summed E-state index contributed by atoms with van der Waals surface area (Å²) < 4.78 is 24.5. The van der Waals surface area contributed by atoms with Crippen LogP contribution in [0.1, 0.15) is 10.4 Å². The summed E-state index contributed by atoms with van der Waals surface area (Å²) in [4.78, 5) is 11.8. The maximum absolute atomic E-state index is 11.8. The molecule has 100 valence electrons. The first-order chi connectivity index (χ1) is 8.50. The molecule has 0 heterocycles. The average molecular weight is 272 g/mol. The number of carbonyl (C=O) groups excluding carboxylic acids is 1. The molecule has 0 aliphatic rings. The van der Waals surface area contributed by atoms with E-state index in [9.17, 15) is 13.2 Å².